The number of carbonyl (C=O) groups excluding carboxylic acids is 1. The molecule has 0 fully saturated rings. The number of nitrogens with zero attached hydrogens (tertiary/aromatic N) is 1. The number of halogens is 2. The Kier molecular flexibility index (Phi) is 4.16. The van der Waals surface area contributed by atoms with E-state index in [1.165, 1.54) is 25.1 Å². The van der Waals surface area contributed by atoms with Gasteiger partial charge in [-0.2, -0.15) is 5.26 Å². The Morgan fingerprint density at radius 3 is 2.70 bits per heavy atom. The molecule has 0 amide bonds. The van der Waals surface area contributed by atoms with Crippen LogP contribution in [0.25, 0.3) is 0 Å². The van der Waals surface area contributed by atoms with Gasteiger partial charge in [-0.3, -0.25) is 4.79 Å². The SMILES string of the molecule is CC(=O)c1ccc(Oc2cccc(F)c2C#N)cc1Br. The van der Waals surface area contributed by atoms with Gasteiger partial charge in [0.25, 0.3) is 0 Å². The van der Waals surface area contributed by atoms with Crippen LogP contribution in [0.15, 0.2) is 40.9 Å². The fourth-order valence-electron chi connectivity index (χ4n) is 1.67. The van der Waals surface area contributed by atoms with Crippen molar-refractivity contribution < 1.29 is 13.9 Å². The highest BCUT2D eigenvalue weighted by atomic mass is 79.9. The molecule has 0 saturated heterocycles. The predicted octanol–water partition coefficient (Wildman–Crippen LogP) is 4.45. The van der Waals surface area contributed by atoms with Crippen LogP contribution in [0.5, 0.6) is 11.5 Å². The molecule has 0 heterocycles. The number of rotatable bonds is 3. The molecule has 100 valence electrons. The summed E-state index contributed by atoms with van der Waals surface area (Å²) in [4.78, 5) is 11.3. The lowest BCUT2D eigenvalue weighted by molar-refractivity contribution is 0.101. The van der Waals surface area contributed by atoms with Crippen molar-refractivity contribution in [3.8, 4) is 17.6 Å². The molecule has 0 aliphatic carbocycles. The third-order valence-corrected chi connectivity index (χ3v) is 3.29. The number of Topliss-reactive ketones (excluding diaryl/α,β-unsaturated/α-hetero) is 1. The van der Waals surface area contributed by atoms with Gasteiger partial charge in [0.1, 0.15) is 28.9 Å². The molecule has 0 bridgehead atoms. The van der Waals surface area contributed by atoms with E-state index in [2.05, 4.69) is 15.9 Å². The highest BCUT2D eigenvalue weighted by Gasteiger charge is 2.11. The zero-order valence-electron chi connectivity index (χ0n) is 10.5. The van der Waals surface area contributed by atoms with Crippen molar-refractivity contribution in [3.05, 3.63) is 57.8 Å². The number of ketones is 1. The number of hydrogen-bond acceptors (Lipinski definition) is 3. The van der Waals surface area contributed by atoms with Crippen LogP contribution in [0.2, 0.25) is 0 Å². The topological polar surface area (TPSA) is 50.1 Å². The van der Waals surface area contributed by atoms with Gasteiger partial charge in [0.2, 0.25) is 0 Å². The molecule has 0 spiro atoms. The van der Waals surface area contributed by atoms with Crippen LogP contribution in [0, 0.1) is 17.1 Å². The molecule has 0 aliphatic heterocycles. The molecule has 20 heavy (non-hydrogen) atoms. The summed E-state index contributed by atoms with van der Waals surface area (Å²) in [5, 5.41) is 8.92. The van der Waals surface area contributed by atoms with Crippen LogP contribution in [0.1, 0.15) is 22.8 Å². The third-order valence-electron chi connectivity index (χ3n) is 2.63. The molecule has 5 heteroatoms. The zero-order valence-corrected chi connectivity index (χ0v) is 12.1. The first-order valence-electron chi connectivity index (χ1n) is 5.70. The average molecular weight is 334 g/mol. The normalized spacial score (nSPS) is 9.90. The first-order chi connectivity index (χ1) is 9.52. The summed E-state index contributed by atoms with van der Waals surface area (Å²) in [6.07, 6.45) is 0. The van der Waals surface area contributed by atoms with Crippen LogP contribution >= 0.6 is 15.9 Å². The number of hydrogen-bond donors (Lipinski definition) is 0. The zero-order chi connectivity index (χ0) is 14.7. The minimum atomic E-state index is -0.635. The average Bonchev–Trinajstić information content (AvgIpc) is 2.38. The molecule has 0 unspecified atom stereocenters. The molecule has 2 rings (SSSR count). The van der Waals surface area contributed by atoms with Gasteiger partial charge in [-0.05, 0) is 53.2 Å². The maximum absolute atomic E-state index is 13.4. The summed E-state index contributed by atoms with van der Waals surface area (Å²) in [6, 6.07) is 10.7. The maximum Gasteiger partial charge on any atom is 0.160 e. The van der Waals surface area contributed by atoms with Gasteiger partial charge in [0, 0.05) is 10.0 Å². The minimum absolute atomic E-state index is 0.0769. The number of benzene rings is 2. The van der Waals surface area contributed by atoms with E-state index < -0.39 is 5.82 Å². The lowest BCUT2D eigenvalue weighted by Gasteiger charge is -2.09. The second-order valence-electron chi connectivity index (χ2n) is 4.02. The highest BCUT2D eigenvalue weighted by Crippen LogP contribution is 2.30. The Labute approximate surface area is 123 Å². The van der Waals surface area contributed by atoms with Gasteiger partial charge in [-0.25, -0.2) is 4.39 Å². The summed E-state index contributed by atoms with van der Waals surface area (Å²) < 4.78 is 19.5. The second kappa shape index (κ2) is 5.85. The Bertz CT molecular complexity index is 722. The van der Waals surface area contributed by atoms with Crippen molar-refractivity contribution in [2.24, 2.45) is 0 Å². The molecule has 2 aromatic rings. The summed E-state index contributed by atoms with van der Waals surface area (Å²) in [7, 11) is 0. The fraction of sp³-hybridized carbons (Fsp3) is 0.0667. The molecule has 0 aromatic heterocycles. The van der Waals surface area contributed by atoms with Crippen molar-refractivity contribution in [1.82, 2.24) is 0 Å². The van der Waals surface area contributed by atoms with Gasteiger partial charge in [0.15, 0.2) is 5.78 Å². The molecule has 0 atom stereocenters. The van der Waals surface area contributed by atoms with Gasteiger partial charge in [-0.15, -0.1) is 0 Å². The van der Waals surface area contributed by atoms with E-state index in [1.54, 1.807) is 24.3 Å². The fourth-order valence-corrected chi connectivity index (χ4v) is 2.31. The number of nitriles is 1. The lowest BCUT2D eigenvalue weighted by atomic mass is 10.1. The van der Waals surface area contributed by atoms with E-state index in [0.29, 0.717) is 15.8 Å². The van der Waals surface area contributed by atoms with Gasteiger partial charge in [-0.1, -0.05) is 6.07 Å². The molecular formula is C15H9BrFNO2. The monoisotopic (exact) mass is 333 g/mol. The van der Waals surface area contributed by atoms with E-state index in [1.807, 2.05) is 0 Å². The summed E-state index contributed by atoms with van der Waals surface area (Å²) in [5.74, 6) is -0.171. The molecule has 0 saturated carbocycles. The molecular weight excluding hydrogens is 325 g/mol. The van der Waals surface area contributed by atoms with Crippen LogP contribution in [-0.4, -0.2) is 5.78 Å². The van der Waals surface area contributed by atoms with Crippen molar-refractivity contribution >= 4 is 21.7 Å². The molecule has 3 nitrogen and oxygen atoms in total. The molecule has 0 radical (unpaired) electrons. The van der Waals surface area contributed by atoms with E-state index in [-0.39, 0.29) is 17.1 Å². The Morgan fingerprint density at radius 2 is 2.10 bits per heavy atom. The predicted molar refractivity (Wildman–Crippen MR) is 75.3 cm³/mol. The molecule has 0 N–H and O–H groups in total. The summed E-state index contributed by atoms with van der Waals surface area (Å²) in [5.41, 5.74) is 0.372. The van der Waals surface area contributed by atoms with Gasteiger partial charge in [0.05, 0.1) is 0 Å². The summed E-state index contributed by atoms with van der Waals surface area (Å²) >= 11 is 3.27. The Morgan fingerprint density at radius 1 is 1.35 bits per heavy atom. The smallest absolute Gasteiger partial charge is 0.160 e. The van der Waals surface area contributed by atoms with Gasteiger partial charge < -0.3 is 4.74 Å². The minimum Gasteiger partial charge on any atom is -0.456 e. The van der Waals surface area contributed by atoms with Crippen LogP contribution in [0.4, 0.5) is 4.39 Å². The first-order valence-corrected chi connectivity index (χ1v) is 6.49. The van der Waals surface area contributed by atoms with Crippen molar-refractivity contribution in [2.75, 3.05) is 0 Å². The second-order valence-corrected chi connectivity index (χ2v) is 4.88. The third kappa shape index (κ3) is 2.86. The first kappa shape index (κ1) is 14.2. The standard InChI is InChI=1S/C15H9BrFNO2/c1-9(19)11-6-5-10(7-13(11)16)20-15-4-2-3-14(17)12(15)8-18/h2-7H,1H3. The van der Waals surface area contributed by atoms with E-state index in [9.17, 15) is 9.18 Å². The number of ether oxygens (including phenoxy) is 1. The van der Waals surface area contributed by atoms with Crippen molar-refractivity contribution in [1.29, 1.82) is 5.26 Å². The van der Waals surface area contributed by atoms with E-state index in [4.69, 9.17) is 10.00 Å². The van der Waals surface area contributed by atoms with E-state index in [0.717, 1.165) is 0 Å². The lowest BCUT2D eigenvalue weighted by Crippen LogP contribution is -1.95. The van der Waals surface area contributed by atoms with Crippen molar-refractivity contribution in [2.45, 2.75) is 6.92 Å². The van der Waals surface area contributed by atoms with Gasteiger partial charge >= 0.3 is 0 Å². The quantitative estimate of drug-likeness (QED) is 0.779. The molecule has 2 aromatic carbocycles. The number of carbonyl (C=O) groups is 1. The highest BCUT2D eigenvalue weighted by molar-refractivity contribution is 9.10. The van der Waals surface area contributed by atoms with E-state index >= 15 is 0 Å². The van der Waals surface area contributed by atoms with Crippen LogP contribution < -0.4 is 4.74 Å². The Balaban J connectivity index is 2.37. The summed E-state index contributed by atoms with van der Waals surface area (Å²) in [6.45, 7) is 1.46. The Hall–Kier alpha value is -2.19. The van der Waals surface area contributed by atoms with Crippen LogP contribution in [0.3, 0.4) is 0 Å². The maximum atomic E-state index is 13.4. The molecule has 0 aliphatic rings. The van der Waals surface area contributed by atoms with Crippen molar-refractivity contribution in [3.63, 3.8) is 0 Å². The van der Waals surface area contributed by atoms with Crippen LogP contribution in [-0.2, 0) is 0 Å². The largest absolute Gasteiger partial charge is 0.456 e.